The van der Waals surface area contributed by atoms with Crippen molar-refractivity contribution in [3.8, 4) is 5.69 Å². The molecule has 1 amide bonds. The number of tetrazole rings is 1. The second kappa shape index (κ2) is 7.34. The molecule has 1 fully saturated rings. The van der Waals surface area contributed by atoms with Gasteiger partial charge in [0.15, 0.2) is 0 Å². The Hall–Kier alpha value is -1.89. The minimum Gasteiger partial charge on any atom is -0.341 e. The molecule has 7 heteroatoms. The molecule has 0 N–H and O–H groups in total. The molecule has 3 rings (SSSR count). The molecule has 2 atom stereocenters. The zero-order chi connectivity index (χ0) is 17.1. The van der Waals surface area contributed by atoms with E-state index in [9.17, 15) is 4.79 Å². The highest BCUT2D eigenvalue weighted by molar-refractivity contribution is 7.99. The number of likely N-dealkylation sites (tertiary alicyclic amines) is 1. The number of hydrogen-bond donors (Lipinski definition) is 0. The predicted octanol–water partition coefficient (Wildman–Crippen LogP) is 2.57. The van der Waals surface area contributed by atoms with E-state index < -0.39 is 0 Å². The second-order valence-electron chi connectivity index (χ2n) is 6.74. The Labute approximate surface area is 146 Å². The lowest BCUT2D eigenvalue weighted by Gasteiger charge is -2.34. The van der Waals surface area contributed by atoms with E-state index in [0.717, 1.165) is 18.8 Å². The standard InChI is InChI=1S/C17H23N5OS/c1-12-4-6-15(7-5-12)22-17(18-19-20-22)24-11-16(23)21-9-13(2)8-14(3)10-21/h4-7,13-14H,8-11H2,1-3H3/t13-,14-/m0/s1. The Kier molecular flexibility index (Phi) is 5.18. The van der Waals surface area contributed by atoms with Gasteiger partial charge in [0, 0.05) is 13.1 Å². The quantitative estimate of drug-likeness (QED) is 0.797. The molecule has 0 bridgehead atoms. The van der Waals surface area contributed by atoms with Gasteiger partial charge in [-0.15, -0.1) is 5.10 Å². The topological polar surface area (TPSA) is 63.9 Å². The molecule has 0 unspecified atom stereocenters. The summed E-state index contributed by atoms with van der Waals surface area (Å²) in [6.07, 6.45) is 1.20. The van der Waals surface area contributed by atoms with Crippen LogP contribution in [0.25, 0.3) is 5.69 Å². The monoisotopic (exact) mass is 345 g/mol. The maximum Gasteiger partial charge on any atom is 0.233 e. The fourth-order valence-corrected chi connectivity index (χ4v) is 3.99. The van der Waals surface area contributed by atoms with Gasteiger partial charge in [0.25, 0.3) is 0 Å². The lowest BCUT2D eigenvalue weighted by Crippen LogP contribution is -2.43. The molecule has 1 saturated heterocycles. The van der Waals surface area contributed by atoms with Gasteiger partial charge in [-0.3, -0.25) is 4.79 Å². The van der Waals surface area contributed by atoms with Gasteiger partial charge in [-0.25, -0.2) is 0 Å². The van der Waals surface area contributed by atoms with E-state index in [1.165, 1.54) is 23.7 Å². The van der Waals surface area contributed by atoms with Gasteiger partial charge in [-0.05, 0) is 47.7 Å². The first kappa shape index (κ1) is 17.0. The molecule has 128 valence electrons. The number of carbonyl (C=O) groups excluding carboxylic acids is 1. The number of aryl methyl sites for hydroxylation is 1. The van der Waals surface area contributed by atoms with Crippen LogP contribution in [0.1, 0.15) is 25.8 Å². The van der Waals surface area contributed by atoms with Crippen molar-refractivity contribution in [2.24, 2.45) is 11.8 Å². The molecular formula is C17H23N5OS. The van der Waals surface area contributed by atoms with Crippen molar-refractivity contribution in [2.45, 2.75) is 32.3 Å². The van der Waals surface area contributed by atoms with E-state index in [0.29, 0.717) is 22.7 Å². The van der Waals surface area contributed by atoms with Crippen LogP contribution in [0.5, 0.6) is 0 Å². The van der Waals surface area contributed by atoms with Crippen LogP contribution in [0, 0.1) is 18.8 Å². The summed E-state index contributed by atoms with van der Waals surface area (Å²) in [7, 11) is 0. The van der Waals surface area contributed by atoms with E-state index in [2.05, 4.69) is 29.4 Å². The highest BCUT2D eigenvalue weighted by atomic mass is 32.2. The SMILES string of the molecule is Cc1ccc(-n2nnnc2SCC(=O)N2C[C@@H](C)C[C@H](C)C2)cc1. The largest absolute Gasteiger partial charge is 0.341 e. The third-order valence-electron chi connectivity index (χ3n) is 4.27. The Morgan fingerprint density at radius 1 is 1.21 bits per heavy atom. The lowest BCUT2D eigenvalue weighted by atomic mass is 9.92. The molecule has 0 saturated carbocycles. The van der Waals surface area contributed by atoms with E-state index in [1.807, 2.05) is 36.1 Å². The van der Waals surface area contributed by atoms with E-state index >= 15 is 0 Å². The Morgan fingerprint density at radius 3 is 2.54 bits per heavy atom. The number of aromatic nitrogens is 4. The normalized spacial score (nSPS) is 21.0. The first-order valence-corrected chi connectivity index (χ1v) is 9.27. The number of carbonyl (C=O) groups is 1. The van der Waals surface area contributed by atoms with Crippen LogP contribution < -0.4 is 0 Å². The van der Waals surface area contributed by atoms with Gasteiger partial charge in [0.1, 0.15) is 0 Å². The molecule has 0 radical (unpaired) electrons. The molecular weight excluding hydrogens is 322 g/mol. The summed E-state index contributed by atoms with van der Waals surface area (Å²) in [4.78, 5) is 14.5. The molecule has 1 aromatic heterocycles. The number of rotatable bonds is 4. The van der Waals surface area contributed by atoms with Gasteiger partial charge in [-0.1, -0.05) is 43.3 Å². The summed E-state index contributed by atoms with van der Waals surface area (Å²) in [6.45, 7) is 8.17. The van der Waals surface area contributed by atoms with Crippen LogP contribution in [-0.4, -0.2) is 49.9 Å². The smallest absolute Gasteiger partial charge is 0.233 e. The van der Waals surface area contributed by atoms with Gasteiger partial charge in [-0.2, -0.15) is 4.68 Å². The van der Waals surface area contributed by atoms with Crippen molar-refractivity contribution in [2.75, 3.05) is 18.8 Å². The van der Waals surface area contributed by atoms with Gasteiger partial charge < -0.3 is 4.90 Å². The van der Waals surface area contributed by atoms with Crippen LogP contribution in [-0.2, 0) is 4.79 Å². The minimum atomic E-state index is 0.164. The maximum absolute atomic E-state index is 12.5. The van der Waals surface area contributed by atoms with Gasteiger partial charge in [0.2, 0.25) is 11.1 Å². The van der Waals surface area contributed by atoms with Gasteiger partial charge in [0.05, 0.1) is 11.4 Å². The number of thioether (sulfide) groups is 1. The predicted molar refractivity (Wildman–Crippen MR) is 94.1 cm³/mol. The molecule has 1 aliphatic rings. The summed E-state index contributed by atoms with van der Waals surface area (Å²) >= 11 is 1.39. The molecule has 24 heavy (non-hydrogen) atoms. The second-order valence-corrected chi connectivity index (χ2v) is 7.68. The van der Waals surface area contributed by atoms with Crippen molar-refractivity contribution < 1.29 is 4.79 Å². The van der Waals surface area contributed by atoms with Crippen LogP contribution in [0.4, 0.5) is 0 Å². The molecule has 6 nitrogen and oxygen atoms in total. The average Bonchev–Trinajstić information content (AvgIpc) is 3.01. The number of piperidine rings is 1. The highest BCUT2D eigenvalue weighted by Crippen LogP contribution is 2.23. The fraction of sp³-hybridized carbons (Fsp3) is 0.529. The number of amides is 1. The first-order valence-electron chi connectivity index (χ1n) is 8.29. The third-order valence-corrected chi connectivity index (χ3v) is 5.17. The summed E-state index contributed by atoms with van der Waals surface area (Å²) in [5.41, 5.74) is 2.09. The van der Waals surface area contributed by atoms with Crippen molar-refractivity contribution in [3.05, 3.63) is 29.8 Å². The van der Waals surface area contributed by atoms with Crippen molar-refractivity contribution >= 4 is 17.7 Å². The average molecular weight is 345 g/mol. The number of nitrogens with zero attached hydrogens (tertiary/aromatic N) is 5. The Bertz CT molecular complexity index is 689. The summed E-state index contributed by atoms with van der Waals surface area (Å²) in [6, 6.07) is 8.00. The summed E-state index contributed by atoms with van der Waals surface area (Å²) < 4.78 is 1.68. The molecule has 1 aromatic carbocycles. The molecule has 0 spiro atoms. The molecule has 2 aromatic rings. The Balaban J connectivity index is 1.64. The molecule has 1 aliphatic heterocycles. The first-order chi connectivity index (χ1) is 11.5. The van der Waals surface area contributed by atoms with Crippen LogP contribution >= 0.6 is 11.8 Å². The zero-order valence-corrected chi connectivity index (χ0v) is 15.2. The van der Waals surface area contributed by atoms with Crippen LogP contribution in [0.3, 0.4) is 0 Å². The van der Waals surface area contributed by atoms with E-state index in [-0.39, 0.29) is 5.91 Å². The number of benzene rings is 1. The summed E-state index contributed by atoms with van der Waals surface area (Å²) in [5, 5.41) is 12.5. The summed E-state index contributed by atoms with van der Waals surface area (Å²) in [5.74, 6) is 1.67. The lowest BCUT2D eigenvalue weighted by molar-refractivity contribution is -0.130. The van der Waals surface area contributed by atoms with Gasteiger partial charge >= 0.3 is 0 Å². The zero-order valence-electron chi connectivity index (χ0n) is 14.3. The van der Waals surface area contributed by atoms with Crippen molar-refractivity contribution in [1.29, 1.82) is 0 Å². The molecule has 2 heterocycles. The minimum absolute atomic E-state index is 0.164. The third kappa shape index (κ3) is 3.95. The highest BCUT2D eigenvalue weighted by Gasteiger charge is 2.25. The van der Waals surface area contributed by atoms with Crippen molar-refractivity contribution in [3.63, 3.8) is 0 Å². The number of hydrogen-bond acceptors (Lipinski definition) is 5. The maximum atomic E-state index is 12.5. The fourth-order valence-electron chi connectivity index (χ4n) is 3.20. The van der Waals surface area contributed by atoms with Crippen LogP contribution in [0.15, 0.2) is 29.4 Å². The molecule has 0 aliphatic carbocycles. The van der Waals surface area contributed by atoms with E-state index in [1.54, 1.807) is 4.68 Å². The van der Waals surface area contributed by atoms with E-state index in [4.69, 9.17) is 0 Å². The Morgan fingerprint density at radius 2 is 1.88 bits per heavy atom. The van der Waals surface area contributed by atoms with Crippen molar-refractivity contribution in [1.82, 2.24) is 25.1 Å². The van der Waals surface area contributed by atoms with Crippen LogP contribution in [0.2, 0.25) is 0 Å².